The number of aryl methyl sites for hydroxylation is 2. The molecule has 1 aliphatic rings. The number of carboxylic acids is 1. The zero-order valence-corrected chi connectivity index (χ0v) is 22.3. The Bertz CT molecular complexity index is 1420. The number of likely N-dealkylation sites (N-methyl/N-ethyl adjacent to an activating group) is 1. The molecule has 0 aliphatic carbocycles. The molecule has 11 heteroatoms. The molecule has 40 heavy (non-hydrogen) atoms. The SMILES string of the molecule is Cc1cccc(C)c1-c1cc(F)c(F)c(C(CC(=O)O)NC(=O)CNC(=O)c2cccnc2OC2CN(C)C2)c1. The number of amides is 2. The van der Waals surface area contributed by atoms with Crippen molar-refractivity contribution in [1.82, 2.24) is 20.5 Å². The monoisotopic (exact) mass is 552 g/mol. The van der Waals surface area contributed by atoms with Gasteiger partial charge in [-0.25, -0.2) is 13.8 Å². The van der Waals surface area contributed by atoms with Gasteiger partial charge in [0.15, 0.2) is 11.6 Å². The fourth-order valence-corrected chi connectivity index (χ4v) is 4.72. The Morgan fingerprint density at radius 3 is 2.48 bits per heavy atom. The number of ether oxygens (including phenoxy) is 1. The van der Waals surface area contributed by atoms with E-state index in [-0.39, 0.29) is 23.1 Å². The molecule has 3 aromatic rings. The maximum atomic E-state index is 15.0. The summed E-state index contributed by atoms with van der Waals surface area (Å²) in [5, 5.41) is 14.3. The van der Waals surface area contributed by atoms with Gasteiger partial charge in [-0.05, 0) is 67.4 Å². The summed E-state index contributed by atoms with van der Waals surface area (Å²) in [5.74, 6) is -5.05. The highest BCUT2D eigenvalue weighted by molar-refractivity contribution is 5.98. The highest BCUT2D eigenvalue weighted by Crippen LogP contribution is 2.33. The summed E-state index contributed by atoms with van der Waals surface area (Å²) in [6.07, 6.45) is 0.668. The van der Waals surface area contributed by atoms with E-state index in [1.165, 1.54) is 18.3 Å². The first-order valence-electron chi connectivity index (χ1n) is 12.7. The van der Waals surface area contributed by atoms with E-state index in [4.69, 9.17) is 4.74 Å². The third kappa shape index (κ3) is 6.60. The van der Waals surface area contributed by atoms with Crippen molar-refractivity contribution < 1.29 is 33.0 Å². The van der Waals surface area contributed by atoms with Gasteiger partial charge in [0.2, 0.25) is 11.8 Å². The minimum absolute atomic E-state index is 0.110. The lowest BCUT2D eigenvalue weighted by molar-refractivity contribution is -0.137. The number of carbonyl (C=O) groups excluding carboxylic acids is 2. The molecule has 0 spiro atoms. The van der Waals surface area contributed by atoms with Crippen LogP contribution in [0.5, 0.6) is 5.88 Å². The molecule has 2 heterocycles. The molecule has 9 nitrogen and oxygen atoms in total. The summed E-state index contributed by atoms with van der Waals surface area (Å²) >= 11 is 0. The first-order chi connectivity index (χ1) is 19.0. The minimum atomic E-state index is -1.39. The Labute approximate surface area is 230 Å². The van der Waals surface area contributed by atoms with Gasteiger partial charge in [-0.15, -0.1) is 0 Å². The van der Waals surface area contributed by atoms with Crippen LogP contribution in [-0.2, 0) is 9.59 Å². The van der Waals surface area contributed by atoms with Crippen molar-refractivity contribution in [2.24, 2.45) is 0 Å². The van der Waals surface area contributed by atoms with Crippen LogP contribution in [0.2, 0.25) is 0 Å². The molecular formula is C29H30F2N4O5. The number of nitrogens with zero attached hydrogens (tertiary/aromatic N) is 2. The summed E-state index contributed by atoms with van der Waals surface area (Å²) in [5.41, 5.74) is 2.49. The van der Waals surface area contributed by atoms with E-state index in [1.54, 1.807) is 6.07 Å². The second-order valence-corrected chi connectivity index (χ2v) is 9.85. The van der Waals surface area contributed by atoms with Crippen LogP contribution >= 0.6 is 0 Å². The summed E-state index contributed by atoms with van der Waals surface area (Å²) in [4.78, 5) is 43.3. The predicted molar refractivity (Wildman–Crippen MR) is 143 cm³/mol. The highest BCUT2D eigenvalue weighted by Gasteiger charge is 2.28. The van der Waals surface area contributed by atoms with Crippen molar-refractivity contribution in [1.29, 1.82) is 0 Å². The number of halogens is 2. The number of rotatable bonds is 10. The van der Waals surface area contributed by atoms with Crippen LogP contribution in [0.3, 0.4) is 0 Å². The smallest absolute Gasteiger partial charge is 0.305 e. The number of benzene rings is 2. The van der Waals surface area contributed by atoms with Crippen LogP contribution in [0, 0.1) is 25.5 Å². The number of hydrogen-bond acceptors (Lipinski definition) is 6. The van der Waals surface area contributed by atoms with Crippen molar-refractivity contribution in [3.63, 3.8) is 0 Å². The average molecular weight is 553 g/mol. The summed E-state index contributed by atoms with van der Waals surface area (Å²) < 4.78 is 35.5. The minimum Gasteiger partial charge on any atom is -0.481 e. The van der Waals surface area contributed by atoms with Gasteiger partial charge in [0, 0.05) is 24.8 Å². The number of likely N-dealkylation sites (tertiary alicyclic amines) is 1. The van der Waals surface area contributed by atoms with Gasteiger partial charge in [-0.3, -0.25) is 19.3 Å². The number of pyridine rings is 1. The number of carbonyl (C=O) groups is 3. The van der Waals surface area contributed by atoms with Gasteiger partial charge in [-0.2, -0.15) is 0 Å². The lowest BCUT2D eigenvalue weighted by Crippen LogP contribution is -2.51. The largest absolute Gasteiger partial charge is 0.481 e. The fourth-order valence-electron chi connectivity index (χ4n) is 4.72. The fraction of sp³-hybridized carbons (Fsp3) is 0.310. The second kappa shape index (κ2) is 12.2. The Hall–Kier alpha value is -4.38. The zero-order chi connectivity index (χ0) is 29.0. The molecule has 2 amide bonds. The number of aliphatic carboxylic acids is 1. The van der Waals surface area contributed by atoms with E-state index in [0.717, 1.165) is 17.2 Å². The van der Waals surface area contributed by atoms with E-state index in [1.807, 2.05) is 44.0 Å². The summed E-state index contributed by atoms with van der Waals surface area (Å²) in [6, 6.07) is 9.54. The maximum Gasteiger partial charge on any atom is 0.305 e. The van der Waals surface area contributed by atoms with E-state index in [9.17, 15) is 28.3 Å². The summed E-state index contributed by atoms with van der Waals surface area (Å²) in [7, 11) is 1.93. The molecule has 1 aliphatic heterocycles. The third-order valence-electron chi connectivity index (χ3n) is 6.65. The predicted octanol–water partition coefficient (Wildman–Crippen LogP) is 3.40. The van der Waals surface area contributed by atoms with E-state index >= 15 is 0 Å². The van der Waals surface area contributed by atoms with E-state index in [2.05, 4.69) is 15.6 Å². The van der Waals surface area contributed by atoms with Gasteiger partial charge >= 0.3 is 5.97 Å². The molecule has 3 N–H and O–H groups in total. The number of nitrogens with one attached hydrogen (secondary N) is 2. The molecule has 1 aromatic heterocycles. The lowest BCUT2D eigenvalue weighted by atomic mass is 9.92. The van der Waals surface area contributed by atoms with Gasteiger partial charge in [0.25, 0.3) is 5.91 Å². The second-order valence-electron chi connectivity index (χ2n) is 9.85. The van der Waals surface area contributed by atoms with Crippen LogP contribution in [0.25, 0.3) is 11.1 Å². The number of aromatic nitrogens is 1. The summed E-state index contributed by atoms with van der Waals surface area (Å²) in [6.45, 7) is 4.48. The standard InChI is InChI=1S/C29H30F2N4O5/c1-16-6-4-7-17(2)26(16)18-10-21(27(31)22(30)11-18)23(12-25(37)38)34-24(36)13-33-28(39)20-8-5-9-32-29(20)40-19-14-35(3)15-19/h4-11,19,23H,12-15H2,1-3H3,(H,33,39)(H,34,36)(H,37,38). The van der Waals surface area contributed by atoms with E-state index < -0.39 is 48.4 Å². The van der Waals surface area contributed by atoms with Gasteiger partial charge in [0.1, 0.15) is 11.7 Å². The third-order valence-corrected chi connectivity index (χ3v) is 6.65. The van der Waals surface area contributed by atoms with Crippen molar-refractivity contribution >= 4 is 17.8 Å². The Morgan fingerprint density at radius 1 is 1.12 bits per heavy atom. The van der Waals surface area contributed by atoms with E-state index in [0.29, 0.717) is 24.2 Å². The quantitative estimate of drug-likeness (QED) is 0.353. The molecule has 0 saturated carbocycles. The van der Waals surface area contributed by atoms with Crippen LogP contribution in [0.1, 0.15) is 39.5 Å². The van der Waals surface area contributed by atoms with Gasteiger partial charge in [0.05, 0.1) is 19.0 Å². The maximum absolute atomic E-state index is 15.0. The number of carboxylic acid groups (broad SMARTS) is 1. The van der Waals surface area contributed by atoms with Gasteiger partial charge in [-0.1, -0.05) is 18.2 Å². The zero-order valence-electron chi connectivity index (χ0n) is 22.3. The molecule has 1 fully saturated rings. The van der Waals surface area contributed by atoms with Crippen molar-refractivity contribution in [3.8, 4) is 17.0 Å². The van der Waals surface area contributed by atoms with Crippen molar-refractivity contribution in [2.75, 3.05) is 26.7 Å². The number of hydrogen-bond donors (Lipinski definition) is 3. The van der Waals surface area contributed by atoms with Gasteiger partial charge < -0.3 is 20.5 Å². The molecule has 1 unspecified atom stereocenters. The topological polar surface area (TPSA) is 121 Å². The van der Waals surface area contributed by atoms with Crippen molar-refractivity contribution in [3.05, 3.63) is 82.5 Å². The van der Waals surface area contributed by atoms with Crippen LogP contribution < -0.4 is 15.4 Å². The highest BCUT2D eigenvalue weighted by atomic mass is 19.2. The van der Waals surface area contributed by atoms with Crippen LogP contribution in [0.15, 0.2) is 48.7 Å². The Morgan fingerprint density at radius 2 is 1.82 bits per heavy atom. The molecular weight excluding hydrogens is 522 g/mol. The van der Waals surface area contributed by atoms with Crippen LogP contribution in [0.4, 0.5) is 8.78 Å². The molecule has 0 bridgehead atoms. The lowest BCUT2D eigenvalue weighted by Gasteiger charge is -2.35. The van der Waals surface area contributed by atoms with Crippen LogP contribution in [-0.4, -0.2) is 65.6 Å². The molecule has 0 radical (unpaired) electrons. The Kier molecular flexibility index (Phi) is 8.73. The Balaban J connectivity index is 1.51. The average Bonchev–Trinajstić information content (AvgIpc) is 2.88. The molecule has 210 valence electrons. The molecule has 1 atom stereocenters. The van der Waals surface area contributed by atoms with Crippen molar-refractivity contribution in [2.45, 2.75) is 32.4 Å². The normalized spacial score (nSPS) is 14.2. The first-order valence-corrected chi connectivity index (χ1v) is 12.7. The molecule has 1 saturated heterocycles. The first kappa shape index (κ1) is 28.6. The molecule has 2 aromatic carbocycles. The molecule has 4 rings (SSSR count).